The average molecular weight is 381 g/mol. The van der Waals surface area contributed by atoms with Crippen LogP contribution in [0.3, 0.4) is 0 Å². The van der Waals surface area contributed by atoms with Gasteiger partial charge in [0.15, 0.2) is 5.69 Å². The molecule has 2 heterocycles. The minimum atomic E-state index is -4.43. The van der Waals surface area contributed by atoms with Gasteiger partial charge in [-0.25, -0.2) is 0 Å². The summed E-state index contributed by atoms with van der Waals surface area (Å²) in [5.74, 6) is 0. The van der Waals surface area contributed by atoms with Gasteiger partial charge in [-0.15, -0.1) is 12.4 Å². The molecule has 0 bridgehead atoms. The Morgan fingerprint density at radius 3 is 2.71 bits per heavy atom. The number of benzene rings is 1. The Morgan fingerprint density at radius 2 is 2.04 bits per heavy atom. The predicted molar refractivity (Wildman–Crippen MR) is 88.3 cm³/mol. The van der Waals surface area contributed by atoms with Gasteiger partial charge in [0.05, 0.1) is 0 Å². The fraction of sp³-hybridized carbons (Fsp3) is 0.400. The largest absolute Gasteiger partial charge is 0.435 e. The molecule has 0 amide bonds. The van der Waals surface area contributed by atoms with E-state index in [-0.39, 0.29) is 18.4 Å². The molecule has 2 aromatic rings. The first kappa shape index (κ1) is 19.1. The Hall–Kier alpha value is -1.28. The molecule has 2 N–H and O–H groups in total. The highest BCUT2D eigenvalue weighted by molar-refractivity contribution is 6.31. The van der Waals surface area contributed by atoms with Crippen molar-refractivity contribution in [2.75, 3.05) is 19.6 Å². The van der Waals surface area contributed by atoms with E-state index < -0.39 is 11.9 Å². The van der Waals surface area contributed by atoms with Crippen molar-refractivity contribution in [3.63, 3.8) is 0 Å². The molecule has 4 nitrogen and oxygen atoms in total. The summed E-state index contributed by atoms with van der Waals surface area (Å²) in [6.45, 7) is 2.56. The van der Waals surface area contributed by atoms with E-state index in [1.54, 1.807) is 0 Å². The number of rotatable bonds is 3. The van der Waals surface area contributed by atoms with Crippen molar-refractivity contribution >= 4 is 24.0 Å². The van der Waals surface area contributed by atoms with Gasteiger partial charge in [0.25, 0.3) is 0 Å². The second-order valence-corrected chi connectivity index (χ2v) is 5.90. The van der Waals surface area contributed by atoms with E-state index in [9.17, 15) is 13.2 Å². The molecule has 9 heteroatoms. The van der Waals surface area contributed by atoms with E-state index in [2.05, 4.69) is 20.4 Å². The molecule has 1 unspecified atom stereocenters. The third-order valence-corrected chi connectivity index (χ3v) is 4.26. The number of aromatic nitrogens is 2. The summed E-state index contributed by atoms with van der Waals surface area (Å²) in [7, 11) is 0. The monoisotopic (exact) mass is 380 g/mol. The smallest absolute Gasteiger partial charge is 0.314 e. The van der Waals surface area contributed by atoms with Gasteiger partial charge in [-0.05, 0) is 17.7 Å². The molecule has 0 aliphatic carbocycles. The predicted octanol–water partition coefficient (Wildman–Crippen LogP) is 3.65. The zero-order valence-electron chi connectivity index (χ0n) is 12.6. The van der Waals surface area contributed by atoms with Crippen LogP contribution in [0.15, 0.2) is 30.3 Å². The zero-order chi connectivity index (χ0) is 16.4. The lowest BCUT2D eigenvalue weighted by Crippen LogP contribution is -2.45. The Kier molecular flexibility index (Phi) is 6.14. The molecule has 1 saturated heterocycles. The molecule has 1 fully saturated rings. The number of hydrogen-bond donors (Lipinski definition) is 2. The number of nitrogens with one attached hydrogen (secondary N) is 2. The first-order valence-corrected chi connectivity index (χ1v) is 7.63. The van der Waals surface area contributed by atoms with Crippen molar-refractivity contribution in [3.8, 4) is 0 Å². The highest BCUT2D eigenvalue weighted by Crippen LogP contribution is 2.31. The fourth-order valence-corrected chi connectivity index (χ4v) is 3.06. The standard InChI is InChI=1S/C15H16ClF3N4.ClH/c16-12-4-2-1-3-11(12)13-8-20-5-6-23(13)9-10-7-14(22-21-10)15(17,18)19;/h1-4,7,13,20H,5-6,8-9H2,(H,21,22);1H. The fourth-order valence-electron chi connectivity index (χ4n) is 2.79. The van der Waals surface area contributed by atoms with E-state index in [4.69, 9.17) is 11.6 Å². The maximum atomic E-state index is 12.7. The van der Waals surface area contributed by atoms with Crippen molar-refractivity contribution in [1.29, 1.82) is 0 Å². The van der Waals surface area contributed by atoms with Gasteiger partial charge < -0.3 is 5.32 Å². The summed E-state index contributed by atoms with van der Waals surface area (Å²) >= 11 is 6.27. The second kappa shape index (κ2) is 7.74. The molecule has 24 heavy (non-hydrogen) atoms. The zero-order valence-corrected chi connectivity index (χ0v) is 14.2. The molecule has 0 saturated carbocycles. The van der Waals surface area contributed by atoms with Gasteiger partial charge in [0.2, 0.25) is 0 Å². The number of nitrogens with zero attached hydrogens (tertiary/aromatic N) is 2. The molecule has 132 valence electrons. The van der Waals surface area contributed by atoms with Gasteiger partial charge in [0.1, 0.15) is 0 Å². The van der Waals surface area contributed by atoms with Crippen LogP contribution in [-0.2, 0) is 12.7 Å². The highest BCUT2D eigenvalue weighted by atomic mass is 35.5. The van der Waals surface area contributed by atoms with E-state index in [1.165, 1.54) is 0 Å². The van der Waals surface area contributed by atoms with Crippen LogP contribution in [-0.4, -0.2) is 34.7 Å². The Bertz CT molecular complexity index is 675. The van der Waals surface area contributed by atoms with Crippen molar-refractivity contribution in [2.24, 2.45) is 0 Å². The molecule has 1 aliphatic rings. The summed E-state index contributed by atoms with van der Waals surface area (Å²) in [6.07, 6.45) is -4.43. The highest BCUT2D eigenvalue weighted by Gasteiger charge is 2.34. The number of halogens is 5. The summed E-state index contributed by atoms with van der Waals surface area (Å²) in [5.41, 5.74) is 0.519. The molecule has 0 radical (unpaired) electrons. The van der Waals surface area contributed by atoms with E-state index >= 15 is 0 Å². The lowest BCUT2D eigenvalue weighted by Gasteiger charge is -2.36. The van der Waals surface area contributed by atoms with Crippen LogP contribution in [0.1, 0.15) is 23.0 Å². The number of H-pyrrole nitrogens is 1. The Labute approximate surface area is 148 Å². The van der Waals surface area contributed by atoms with Gasteiger partial charge in [-0.2, -0.15) is 18.3 Å². The van der Waals surface area contributed by atoms with Crippen molar-refractivity contribution < 1.29 is 13.2 Å². The minimum Gasteiger partial charge on any atom is -0.314 e. The number of alkyl halides is 3. The normalized spacial score (nSPS) is 19.1. The molecular formula is C15H17Cl2F3N4. The third kappa shape index (κ3) is 4.22. The summed E-state index contributed by atoms with van der Waals surface area (Å²) in [6, 6.07) is 8.60. The minimum absolute atomic E-state index is 0. The first-order chi connectivity index (χ1) is 10.9. The maximum Gasteiger partial charge on any atom is 0.435 e. The van der Waals surface area contributed by atoms with Gasteiger partial charge in [-0.1, -0.05) is 29.8 Å². The Morgan fingerprint density at radius 1 is 1.29 bits per heavy atom. The van der Waals surface area contributed by atoms with Crippen LogP contribution in [0.2, 0.25) is 5.02 Å². The van der Waals surface area contributed by atoms with Crippen molar-refractivity contribution in [3.05, 3.63) is 52.3 Å². The number of hydrogen-bond acceptors (Lipinski definition) is 3. The molecule has 3 rings (SSSR count). The topological polar surface area (TPSA) is 44.0 Å². The lowest BCUT2D eigenvalue weighted by molar-refractivity contribution is -0.141. The molecule has 1 aliphatic heterocycles. The number of piperazine rings is 1. The first-order valence-electron chi connectivity index (χ1n) is 7.26. The second-order valence-electron chi connectivity index (χ2n) is 5.49. The average Bonchev–Trinajstić information content (AvgIpc) is 2.97. The van der Waals surface area contributed by atoms with E-state index in [0.717, 1.165) is 24.7 Å². The number of aromatic amines is 1. The summed E-state index contributed by atoms with van der Waals surface area (Å²) < 4.78 is 38.0. The molecule has 1 aromatic carbocycles. The van der Waals surface area contributed by atoms with Gasteiger partial charge >= 0.3 is 6.18 Å². The van der Waals surface area contributed by atoms with Gasteiger partial charge in [-0.3, -0.25) is 10.00 Å². The van der Waals surface area contributed by atoms with Crippen LogP contribution in [0.5, 0.6) is 0 Å². The maximum absolute atomic E-state index is 12.7. The molecule has 1 atom stereocenters. The van der Waals surface area contributed by atoms with Crippen LogP contribution in [0.25, 0.3) is 0 Å². The summed E-state index contributed by atoms with van der Waals surface area (Å²) in [4.78, 5) is 2.10. The SMILES string of the molecule is Cl.FC(F)(F)c1cc(CN2CCNCC2c2ccccc2Cl)[nH]n1. The lowest BCUT2D eigenvalue weighted by atomic mass is 10.0. The molecular weight excluding hydrogens is 364 g/mol. The molecule has 0 spiro atoms. The van der Waals surface area contributed by atoms with Crippen LogP contribution < -0.4 is 5.32 Å². The van der Waals surface area contributed by atoms with Crippen LogP contribution >= 0.6 is 24.0 Å². The quantitative estimate of drug-likeness (QED) is 0.853. The molecule has 1 aromatic heterocycles. The summed E-state index contributed by atoms with van der Waals surface area (Å²) in [5, 5.41) is 9.79. The van der Waals surface area contributed by atoms with Crippen LogP contribution in [0, 0.1) is 0 Å². The van der Waals surface area contributed by atoms with Crippen LogP contribution in [0.4, 0.5) is 13.2 Å². The van der Waals surface area contributed by atoms with Crippen molar-refractivity contribution in [2.45, 2.75) is 18.8 Å². The van der Waals surface area contributed by atoms with Crippen molar-refractivity contribution in [1.82, 2.24) is 20.4 Å². The third-order valence-electron chi connectivity index (χ3n) is 3.91. The van der Waals surface area contributed by atoms with E-state index in [1.807, 2.05) is 24.3 Å². The Balaban J connectivity index is 0.00000208. The van der Waals surface area contributed by atoms with E-state index in [0.29, 0.717) is 23.8 Å². The van der Waals surface area contributed by atoms with Gasteiger partial charge in [0, 0.05) is 42.9 Å².